The molecule has 0 saturated heterocycles. The molecule has 0 radical (unpaired) electrons. The second-order valence-electron chi connectivity index (χ2n) is 5.22. The Morgan fingerprint density at radius 3 is 2.90 bits per heavy atom. The van der Waals surface area contributed by atoms with Gasteiger partial charge < -0.3 is 9.84 Å². The highest BCUT2D eigenvalue weighted by Gasteiger charge is 2.18. The van der Waals surface area contributed by atoms with Crippen LogP contribution in [0.1, 0.15) is 35.6 Å². The maximum absolute atomic E-state index is 10.0. The summed E-state index contributed by atoms with van der Waals surface area (Å²) in [7, 11) is 0. The number of nitrogens with zero attached hydrogens (tertiary/aromatic N) is 1. The van der Waals surface area contributed by atoms with E-state index in [1.807, 2.05) is 24.3 Å². The third-order valence-corrected chi connectivity index (χ3v) is 3.81. The molecule has 0 saturated carbocycles. The first-order valence-electron chi connectivity index (χ1n) is 7.15. The van der Waals surface area contributed by atoms with Crippen LogP contribution in [0.3, 0.4) is 0 Å². The van der Waals surface area contributed by atoms with Gasteiger partial charge in [0.25, 0.3) is 0 Å². The summed E-state index contributed by atoms with van der Waals surface area (Å²) in [6.45, 7) is 0.638. The first-order chi connectivity index (χ1) is 9.83. The zero-order valence-electron chi connectivity index (χ0n) is 11.5. The second-order valence-corrected chi connectivity index (χ2v) is 5.22. The van der Waals surface area contributed by atoms with E-state index >= 15 is 0 Å². The molecule has 3 heteroatoms. The molecule has 3 nitrogen and oxygen atoms in total. The summed E-state index contributed by atoms with van der Waals surface area (Å²) < 4.78 is 5.79. The van der Waals surface area contributed by atoms with Gasteiger partial charge in [-0.1, -0.05) is 6.07 Å². The monoisotopic (exact) mass is 269 g/mol. The fourth-order valence-electron chi connectivity index (χ4n) is 2.68. The minimum atomic E-state index is -0.331. The van der Waals surface area contributed by atoms with Crippen LogP contribution in [0.15, 0.2) is 42.7 Å². The summed E-state index contributed by atoms with van der Waals surface area (Å²) in [6.07, 6.45) is 7.10. The fourth-order valence-corrected chi connectivity index (χ4v) is 2.68. The predicted octanol–water partition coefficient (Wildman–Crippen LogP) is 3.07. The Labute approximate surface area is 119 Å². The third kappa shape index (κ3) is 2.99. The quantitative estimate of drug-likeness (QED) is 0.927. The molecule has 104 valence electrons. The van der Waals surface area contributed by atoms with Crippen molar-refractivity contribution >= 4 is 0 Å². The molecule has 1 atom stereocenters. The largest absolute Gasteiger partial charge is 0.493 e. The number of benzene rings is 1. The number of aliphatic hydroxyl groups excluding tert-OH is 1. The smallest absolute Gasteiger partial charge is 0.119 e. The molecule has 20 heavy (non-hydrogen) atoms. The number of hydrogen-bond acceptors (Lipinski definition) is 3. The summed E-state index contributed by atoms with van der Waals surface area (Å²) in [5.74, 6) is 0.846. The average molecular weight is 269 g/mol. The van der Waals surface area contributed by atoms with E-state index in [0.717, 1.165) is 37.0 Å². The van der Waals surface area contributed by atoms with E-state index in [9.17, 15) is 5.11 Å². The zero-order valence-corrected chi connectivity index (χ0v) is 11.5. The number of rotatable bonds is 4. The predicted molar refractivity (Wildman–Crippen MR) is 77.8 cm³/mol. The van der Waals surface area contributed by atoms with Gasteiger partial charge >= 0.3 is 0 Å². The van der Waals surface area contributed by atoms with Crippen LogP contribution in [0, 0.1) is 0 Å². The summed E-state index contributed by atoms with van der Waals surface area (Å²) in [5, 5.41) is 10.0. The maximum atomic E-state index is 10.0. The Kier molecular flexibility index (Phi) is 3.97. The van der Waals surface area contributed by atoms with Crippen LogP contribution in [0.4, 0.5) is 0 Å². The van der Waals surface area contributed by atoms with E-state index in [0.29, 0.717) is 6.61 Å². The Morgan fingerprint density at radius 2 is 2.05 bits per heavy atom. The number of ether oxygens (including phenoxy) is 1. The Balaban J connectivity index is 1.62. The van der Waals surface area contributed by atoms with Gasteiger partial charge in [-0.05, 0) is 60.2 Å². The number of pyridine rings is 1. The molecular weight excluding hydrogens is 250 g/mol. The number of aromatic nitrogens is 1. The van der Waals surface area contributed by atoms with E-state index < -0.39 is 0 Å². The van der Waals surface area contributed by atoms with E-state index in [1.54, 1.807) is 12.4 Å². The average Bonchev–Trinajstić information content (AvgIpc) is 2.49. The molecule has 0 spiro atoms. The topological polar surface area (TPSA) is 42.4 Å². The minimum absolute atomic E-state index is 0.331. The normalized spacial score (nSPS) is 17.6. The van der Waals surface area contributed by atoms with Gasteiger partial charge in [0.05, 0.1) is 12.7 Å². The molecule has 1 N–H and O–H groups in total. The molecule has 2 aromatic rings. The SMILES string of the molecule is OC1CCCc2ccc(OCCc3ccncc3)cc21. The Morgan fingerprint density at radius 1 is 1.20 bits per heavy atom. The van der Waals surface area contributed by atoms with Crippen LogP contribution >= 0.6 is 0 Å². The molecule has 0 fully saturated rings. The van der Waals surface area contributed by atoms with E-state index in [2.05, 4.69) is 11.1 Å². The van der Waals surface area contributed by atoms with Crippen molar-refractivity contribution in [3.63, 3.8) is 0 Å². The lowest BCUT2D eigenvalue weighted by Crippen LogP contribution is -2.10. The molecule has 1 aromatic heterocycles. The number of aliphatic hydroxyl groups is 1. The van der Waals surface area contributed by atoms with Gasteiger partial charge in [-0.15, -0.1) is 0 Å². The molecule has 0 amide bonds. The van der Waals surface area contributed by atoms with Gasteiger partial charge in [-0.3, -0.25) is 4.98 Å². The van der Waals surface area contributed by atoms with E-state index in [1.165, 1.54) is 11.1 Å². The maximum Gasteiger partial charge on any atom is 0.119 e. The van der Waals surface area contributed by atoms with Gasteiger partial charge in [-0.25, -0.2) is 0 Å². The van der Waals surface area contributed by atoms with Crippen molar-refractivity contribution < 1.29 is 9.84 Å². The molecule has 3 rings (SSSR count). The summed E-state index contributed by atoms with van der Waals surface area (Å²) in [6, 6.07) is 10.1. The van der Waals surface area contributed by atoms with Gasteiger partial charge in [0, 0.05) is 18.8 Å². The van der Waals surface area contributed by atoms with E-state index in [4.69, 9.17) is 4.74 Å². The highest BCUT2D eigenvalue weighted by Crippen LogP contribution is 2.32. The molecule has 1 aromatic carbocycles. The van der Waals surface area contributed by atoms with Crippen molar-refractivity contribution in [3.8, 4) is 5.75 Å². The summed E-state index contributed by atoms with van der Waals surface area (Å²) in [5.41, 5.74) is 3.51. The first kappa shape index (κ1) is 13.1. The lowest BCUT2D eigenvalue weighted by atomic mass is 9.89. The third-order valence-electron chi connectivity index (χ3n) is 3.81. The molecule has 0 aliphatic heterocycles. The Bertz CT molecular complexity index is 568. The minimum Gasteiger partial charge on any atom is -0.493 e. The van der Waals surface area contributed by atoms with Crippen LogP contribution < -0.4 is 4.74 Å². The molecule has 1 heterocycles. The molecule has 1 aliphatic rings. The second kappa shape index (κ2) is 6.06. The van der Waals surface area contributed by atoms with Crippen molar-refractivity contribution in [1.82, 2.24) is 4.98 Å². The first-order valence-corrected chi connectivity index (χ1v) is 7.15. The van der Waals surface area contributed by atoms with Crippen LogP contribution in [0.2, 0.25) is 0 Å². The lowest BCUT2D eigenvalue weighted by molar-refractivity contribution is 0.156. The zero-order chi connectivity index (χ0) is 13.8. The highest BCUT2D eigenvalue weighted by atomic mass is 16.5. The molecule has 0 bridgehead atoms. The van der Waals surface area contributed by atoms with Crippen molar-refractivity contribution in [2.24, 2.45) is 0 Å². The molecular formula is C17H19NO2. The van der Waals surface area contributed by atoms with Gasteiger partial charge in [0.15, 0.2) is 0 Å². The van der Waals surface area contributed by atoms with Crippen molar-refractivity contribution in [3.05, 3.63) is 59.4 Å². The van der Waals surface area contributed by atoms with Crippen molar-refractivity contribution in [2.75, 3.05) is 6.61 Å². The number of aryl methyl sites for hydroxylation is 1. The van der Waals surface area contributed by atoms with Crippen molar-refractivity contribution in [2.45, 2.75) is 31.8 Å². The fraction of sp³-hybridized carbons (Fsp3) is 0.353. The molecule has 1 aliphatic carbocycles. The molecule has 1 unspecified atom stereocenters. The van der Waals surface area contributed by atoms with Gasteiger partial charge in [-0.2, -0.15) is 0 Å². The van der Waals surface area contributed by atoms with Crippen LogP contribution in [-0.4, -0.2) is 16.7 Å². The van der Waals surface area contributed by atoms with E-state index in [-0.39, 0.29) is 6.10 Å². The standard InChI is InChI=1S/C17H19NO2/c19-17-3-1-2-14-4-5-15(12-16(14)17)20-11-8-13-6-9-18-10-7-13/h4-7,9-10,12,17,19H,1-3,8,11H2. The van der Waals surface area contributed by atoms with Gasteiger partial charge in [0.2, 0.25) is 0 Å². The highest BCUT2D eigenvalue weighted by molar-refractivity contribution is 5.38. The number of fused-ring (bicyclic) bond motifs is 1. The summed E-state index contributed by atoms with van der Waals surface area (Å²) >= 11 is 0. The van der Waals surface area contributed by atoms with Crippen LogP contribution in [-0.2, 0) is 12.8 Å². The Hall–Kier alpha value is -1.87. The summed E-state index contributed by atoms with van der Waals surface area (Å²) in [4.78, 5) is 4.00. The van der Waals surface area contributed by atoms with Gasteiger partial charge in [0.1, 0.15) is 5.75 Å². The van der Waals surface area contributed by atoms with Crippen molar-refractivity contribution in [1.29, 1.82) is 0 Å². The van der Waals surface area contributed by atoms with Crippen LogP contribution in [0.25, 0.3) is 0 Å². The number of hydrogen-bond donors (Lipinski definition) is 1. The lowest BCUT2D eigenvalue weighted by Gasteiger charge is -2.22. The van der Waals surface area contributed by atoms with Crippen LogP contribution in [0.5, 0.6) is 5.75 Å².